The lowest BCUT2D eigenvalue weighted by Crippen LogP contribution is -2.44. The van der Waals surface area contributed by atoms with Gasteiger partial charge in [0.2, 0.25) is 5.91 Å². The number of amides is 1. The minimum absolute atomic E-state index is 0.0511. The molecule has 7 heteroatoms. The summed E-state index contributed by atoms with van der Waals surface area (Å²) in [6.45, 7) is 11.0. The maximum absolute atomic E-state index is 13.8. The van der Waals surface area contributed by atoms with Gasteiger partial charge >= 0.3 is 0 Å². The highest BCUT2D eigenvalue weighted by molar-refractivity contribution is 7.18. The molecule has 0 radical (unpaired) electrons. The second-order valence-electron chi connectivity index (χ2n) is 11.9. The van der Waals surface area contributed by atoms with Crippen molar-refractivity contribution in [1.29, 1.82) is 0 Å². The lowest BCUT2D eigenvalue weighted by molar-refractivity contribution is -0.130. The first-order valence-electron chi connectivity index (χ1n) is 15.5. The first kappa shape index (κ1) is 30.6. The molecule has 1 saturated carbocycles. The van der Waals surface area contributed by atoms with Crippen LogP contribution in [0.15, 0.2) is 30.4 Å². The molecular formula is C33H47N3O3S. The van der Waals surface area contributed by atoms with E-state index in [0.29, 0.717) is 43.7 Å². The normalized spacial score (nSPS) is 17.8. The number of carbonyl (C=O) groups excluding carboxylic acids is 3. The van der Waals surface area contributed by atoms with E-state index in [1.54, 1.807) is 11.3 Å². The molecule has 40 heavy (non-hydrogen) atoms. The Morgan fingerprint density at radius 2 is 1.85 bits per heavy atom. The maximum atomic E-state index is 13.8. The Labute approximate surface area is 244 Å². The standard InChI is InChI=1S/C33H47N3O3S/c1-4-10-27(37)20-26(21-32-34-29-14-13-24(5-2)19-31(29)40-32)33(39)35-28(25-11-6-7-12-25)15-16-30(38)23(3)22-36-17-8-9-18-36/h13-14,19,25-26,28H,3-12,15-18,20-22H2,1-2H3,(H,35,39)/t26-,28+/m0/s1. The number of hydrogen-bond acceptors (Lipinski definition) is 6. The highest BCUT2D eigenvalue weighted by Gasteiger charge is 2.31. The van der Waals surface area contributed by atoms with Gasteiger partial charge in [-0.05, 0) is 81.6 Å². The molecule has 1 amide bonds. The summed E-state index contributed by atoms with van der Waals surface area (Å²) in [6.07, 6.45) is 10.8. The van der Waals surface area contributed by atoms with E-state index in [1.807, 2.05) is 6.92 Å². The van der Waals surface area contributed by atoms with Crippen LogP contribution in [0.25, 0.3) is 10.2 Å². The molecule has 2 heterocycles. The van der Waals surface area contributed by atoms with Crippen molar-refractivity contribution < 1.29 is 14.4 Å². The second-order valence-corrected chi connectivity index (χ2v) is 13.0. The molecule has 1 aliphatic heterocycles. The van der Waals surface area contributed by atoms with Crippen molar-refractivity contribution in [2.45, 2.75) is 103 Å². The zero-order valence-corrected chi connectivity index (χ0v) is 25.3. The summed E-state index contributed by atoms with van der Waals surface area (Å²) in [5.74, 6) is 0.0984. The quantitative estimate of drug-likeness (QED) is 0.237. The lowest BCUT2D eigenvalue weighted by atomic mass is 9.90. The van der Waals surface area contributed by atoms with E-state index in [9.17, 15) is 14.4 Å². The minimum atomic E-state index is -0.449. The van der Waals surface area contributed by atoms with E-state index >= 15 is 0 Å². The molecule has 1 aliphatic carbocycles. The van der Waals surface area contributed by atoms with Gasteiger partial charge in [0.1, 0.15) is 5.78 Å². The molecule has 2 atom stereocenters. The van der Waals surface area contributed by atoms with Gasteiger partial charge in [-0.3, -0.25) is 19.3 Å². The zero-order chi connectivity index (χ0) is 28.5. The van der Waals surface area contributed by atoms with Gasteiger partial charge in [-0.2, -0.15) is 0 Å². The molecule has 1 aromatic heterocycles. The third kappa shape index (κ3) is 8.56. The summed E-state index contributed by atoms with van der Waals surface area (Å²) in [7, 11) is 0. The molecule has 2 aliphatic rings. The SMILES string of the molecule is C=C(CN1CCCC1)C(=O)CC[C@@H](NC(=O)[C@@H](CC(=O)CCC)Cc1nc2ccc(CC)cc2s1)C1CCCC1. The average molecular weight is 566 g/mol. The number of aryl methyl sites for hydroxylation is 1. The first-order valence-corrected chi connectivity index (χ1v) is 16.3. The second kappa shape index (κ2) is 15.0. The Hall–Kier alpha value is -2.38. The fourth-order valence-corrected chi connectivity index (χ4v) is 7.41. The number of rotatable bonds is 16. The fourth-order valence-electron chi connectivity index (χ4n) is 6.30. The highest BCUT2D eigenvalue weighted by Crippen LogP contribution is 2.31. The third-order valence-corrected chi connectivity index (χ3v) is 9.73. The molecule has 6 nitrogen and oxygen atoms in total. The summed E-state index contributed by atoms with van der Waals surface area (Å²) in [5.41, 5.74) is 2.91. The van der Waals surface area contributed by atoms with Crippen LogP contribution in [0.3, 0.4) is 0 Å². The molecule has 2 fully saturated rings. The largest absolute Gasteiger partial charge is 0.353 e. The number of nitrogens with zero attached hydrogens (tertiary/aromatic N) is 2. The molecular weight excluding hydrogens is 518 g/mol. The Bertz CT molecular complexity index is 1180. The molecule has 0 spiro atoms. The summed E-state index contributed by atoms with van der Waals surface area (Å²) in [4.78, 5) is 46.6. The van der Waals surface area contributed by atoms with Gasteiger partial charge in [0, 0.05) is 43.8 Å². The van der Waals surface area contributed by atoms with Crippen LogP contribution in [0.2, 0.25) is 0 Å². The number of aromatic nitrogens is 1. The number of hydrogen-bond donors (Lipinski definition) is 1. The van der Waals surface area contributed by atoms with Gasteiger partial charge in [-0.15, -0.1) is 11.3 Å². The number of likely N-dealkylation sites (tertiary alicyclic amines) is 1. The van der Waals surface area contributed by atoms with Crippen molar-refractivity contribution >= 4 is 39.0 Å². The van der Waals surface area contributed by atoms with Crippen LogP contribution in [-0.4, -0.2) is 53.0 Å². The van der Waals surface area contributed by atoms with Crippen LogP contribution in [-0.2, 0) is 27.2 Å². The minimum Gasteiger partial charge on any atom is -0.353 e. The van der Waals surface area contributed by atoms with E-state index in [2.05, 4.69) is 41.9 Å². The molecule has 1 saturated heterocycles. The van der Waals surface area contributed by atoms with E-state index in [-0.39, 0.29) is 29.9 Å². The first-order chi connectivity index (χ1) is 19.4. The van der Waals surface area contributed by atoms with Gasteiger partial charge < -0.3 is 5.32 Å². The van der Waals surface area contributed by atoms with Crippen LogP contribution < -0.4 is 5.32 Å². The number of nitrogens with one attached hydrogen (secondary N) is 1. The van der Waals surface area contributed by atoms with Crippen LogP contribution in [0.5, 0.6) is 0 Å². The molecule has 1 aromatic carbocycles. The fraction of sp³-hybridized carbons (Fsp3) is 0.636. The highest BCUT2D eigenvalue weighted by atomic mass is 32.1. The molecule has 4 rings (SSSR count). The topological polar surface area (TPSA) is 79.4 Å². The molecule has 1 N–H and O–H groups in total. The number of benzene rings is 1. The molecule has 2 aromatic rings. The van der Waals surface area contributed by atoms with Crippen LogP contribution in [0.1, 0.15) is 95.0 Å². The molecule has 0 unspecified atom stereocenters. The monoisotopic (exact) mass is 565 g/mol. The van der Waals surface area contributed by atoms with Crippen molar-refractivity contribution in [3.05, 3.63) is 40.9 Å². The Balaban J connectivity index is 1.43. The van der Waals surface area contributed by atoms with Crippen molar-refractivity contribution in [2.24, 2.45) is 11.8 Å². The van der Waals surface area contributed by atoms with Crippen molar-refractivity contribution in [3.8, 4) is 0 Å². The maximum Gasteiger partial charge on any atom is 0.224 e. The van der Waals surface area contributed by atoms with Gasteiger partial charge in [0.25, 0.3) is 0 Å². The van der Waals surface area contributed by atoms with Crippen molar-refractivity contribution in [1.82, 2.24) is 15.2 Å². The van der Waals surface area contributed by atoms with Crippen LogP contribution in [0, 0.1) is 11.8 Å². The average Bonchev–Trinajstić information content (AvgIpc) is 3.72. The smallest absolute Gasteiger partial charge is 0.224 e. The number of thiazole rings is 1. The summed E-state index contributed by atoms with van der Waals surface area (Å²) in [6, 6.07) is 6.29. The van der Waals surface area contributed by atoms with Gasteiger partial charge in [0.15, 0.2) is 5.78 Å². The van der Waals surface area contributed by atoms with Crippen molar-refractivity contribution in [3.63, 3.8) is 0 Å². The van der Waals surface area contributed by atoms with Gasteiger partial charge in [-0.1, -0.05) is 39.3 Å². The van der Waals surface area contributed by atoms with Gasteiger partial charge in [-0.25, -0.2) is 4.98 Å². The predicted molar refractivity (Wildman–Crippen MR) is 164 cm³/mol. The summed E-state index contributed by atoms with van der Waals surface area (Å²) < 4.78 is 1.13. The molecule has 218 valence electrons. The zero-order valence-electron chi connectivity index (χ0n) is 24.5. The number of Topliss-reactive ketones (excluding diaryl/α,β-unsaturated/α-hetero) is 2. The summed E-state index contributed by atoms with van der Waals surface area (Å²) in [5, 5.41) is 4.24. The number of fused-ring (bicyclic) bond motifs is 1. The Morgan fingerprint density at radius 3 is 2.55 bits per heavy atom. The molecule has 0 bridgehead atoms. The van der Waals surface area contributed by atoms with E-state index in [4.69, 9.17) is 4.98 Å². The van der Waals surface area contributed by atoms with Crippen LogP contribution >= 0.6 is 11.3 Å². The Morgan fingerprint density at radius 1 is 1.10 bits per heavy atom. The van der Waals surface area contributed by atoms with E-state index < -0.39 is 5.92 Å². The number of ketones is 2. The lowest BCUT2D eigenvalue weighted by Gasteiger charge is -2.27. The van der Waals surface area contributed by atoms with Crippen molar-refractivity contribution in [2.75, 3.05) is 19.6 Å². The van der Waals surface area contributed by atoms with Crippen LogP contribution in [0.4, 0.5) is 0 Å². The number of carbonyl (C=O) groups is 3. The Kier molecular flexibility index (Phi) is 11.5. The predicted octanol–water partition coefficient (Wildman–Crippen LogP) is 6.45. The van der Waals surface area contributed by atoms with E-state index in [0.717, 1.165) is 66.8 Å². The summed E-state index contributed by atoms with van der Waals surface area (Å²) >= 11 is 1.63. The third-order valence-electron chi connectivity index (χ3n) is 8.69. The van der Waals surface area contributed by atoms with Gasteiger partial charge in [0.05, 0.1) is 21.1 Å². The van der Waals surface area contributed by atoms with E-state index in [1.165, 1.54) is 18.4 Å².